The Morgan fingerprint density at radius 2 is 2.22 bits per heavy atom. The molecule has 0 aliphatic rings. The van der Waals surface area contributed by atoms with Crippen molar-refractivity contribution >= 4 is 12.2 Å². The zero-order valence-electron chi connectivity index (χ0n) is 11.1. The summed E-state index contributed by atoms with van der Waals surface area (Å²) in [4.78, 5) is 0. The van der Waals surface area contributed by atoms with Crippen LogP contribution in [0.2, 0.25) is 0 Å². The first-order valence-electron chi connectivity index (χ1n) is 6.20. The van der Waals surface area contributed by atoms with Crippen molar-refractivity contribution in [3.05, 3.63) is 28.6 Å². The van der Waals surface area contributed by atoms with Crippen LogP contribution in [-0.4, -0.2) is 24.5 Å². The van der Waals surface area contributed by atoms with E-state index in [0.29, 0.717) is 10.7 Å². The van der Waals surface area contributed by atoms with Crippen LogP contribution in [0.4, 0.5) is 0 Å². The fraction of sp³-hybridized carbons (Fsp3) is 0.583. The van der Waals surface area contributed by atoms with E-state index in [9.17, 15) is 0 Å². The highest BCUT2D eigenvalue weighted by molar-refractivity contribution is 7.71. The summed E-state index contributed by atoms with van der Waals surface area (Å²) in [5, 5.41) is 11.5. The molecule has 6 heteroatoms. The largest absolute Gasteiger partial charge is 0.304 e. The molecule has 0 aliphatic carbocycles. The van der Waals surface area contributed by atoms with Crippen molar-refractivity contribution in [1.29, 1.82) is 0 Å². The molecule has 0 fully saturated rings. The second-order valence-electron chi connectivity index (χ2n) is 4.92. The third-order valence-corrected chi connectivity index (χ3v) is 3.04. The van der Waals surface area contributed by atoms with Gasteiger partial charge in [0, 0.05) is 25.7 Å². The van der Waals surface area contributed by atoms with Crippen LogP contribution in [0.25, 0.3) is 0 Å². The summed E-state index contributed by atoms with van der Waals surface area (Å²) in [6.07, 6.45) is 2.82. The fourth-order valence-corrected chi connectivity index (χ4v) is 2.12. The smallest absolute Gasteiger partial charge is 0.195 e. The number of hydrogen-bond acceptors (Lipinski definition) is 3. The minimum absolute atomic E-state index is 0.556. The van der Waals surface area contributed by atoms with Gasteiger partial charge in [-0.2, -0.15) is 10.2 Å². The maximum absolute atomic E-state index is 5.25. The lowest BCUT2D eigenvalue weighted by molar-refractivity contribution is 0.490. The van der Waals surface area contributed by atoms with Gasteiger partial charge >= 0.3 is 0 Å². The quantitative estimate of drug-likeness (QED) is 0.844. The molecular formula is C12H19N5S. The Kier molecular flexibility index (Phi) is 3.96. The lowest BCUT2D eigenvalue weighted by Crippen LogP contribution is -2.11. The van der Waals surface area contributed by atoms with Gasteiger partial charge in [0.25, 0.3) is 0 Å². The first-order valence-corrected chi connectivity index (χ1v) is 6.61. The SMILES string of the molecule is Cc1ccn(CCc2n[nH]c(=S)n2CC(C)C)n1. The molecule has 0 aromatic carbocycles. The van der Waals surface area contributed by atoms with Crippen LogP contribution in [0.5, 0.6) is 0 Å². The zero-order chi connectivity index (χ0) is 13.1. The number of nitrogens with one attached hydrogen (secondary N) is 1. The number of aromatic nitrogens is 5. The predicted octanol–water partition coefficient (Wildman–Crippen LogP) is 2.34. The molecule has 5 nitrogen and oxygen atoms in total. The van der Waals surface area contributed by atoms with E-state index < -0.39 is 0 Å². The van der Waals surface area contributed by atoms with Gasteiger partial charge in [-0.05, 0) is 31.1 Å². The molecule has 18 heavy (non-hydrogen) atoms. The highest BCUT2D eigenvalue weighted by atomic mass is 32.1. The van der Waals surface area contributed by atoms with Gasteiger partial charge in [-0.25, -0.2) is 0 Å². The van der Waals surface area contributed by atoms with E-state index in [-0.39, 0.29) is 0 Å². The van der Waals surface area contributed by atoms with Gasteiger partial charge in [0.2, 0.25) is 0 Å². The normalized spacial score (nSPS) is 11.3. The third-order valence-electron chi connectivity index (χ3n) is 2.72. The van der Waals surface area contributed by atoms with Crippen molar-refractivity contribution in [3.8, 4) is 0 Å². The van der Waals surface area contributed by atoms with Crippen molar-refractivity contribution in [1.82, 2.24) is 24.5 Å². The molecule has 2 aromatic rings. The Labute approximate surface area is 112 Å². The van der Waals surface area contributed by atoms with Crippen LogP contribution in [0, 0.1) is 17.6 Å². The molecule has 0 radical (unpaired) electrons. The maximum Gasteiger partial charge on any atom is 0.195 e. The Hall–Kier alpha value is -1.43. The Morgan fingerprint density at radius 3 is 2.83 bits per heavy atom. The number of nitrogens with zero attached hydrogens (tertiary/aromatic N) is 4. The summed E-state index contributed by atoms with van der Waals surface area (Å²) in [6, 6.07) is 2.01. The summed E-state index contributed by atoms with van der Waals surface area (Å²) in [5.41, 5.74) is 1.04. The molecule has 98 valence electrons. The average Bonchev–Trinajstić information content (AvgIpc) is 2.85. The van der Waals surface area contributed by atoms with Crippen LogP contribution in [0.3, 0.4) is 0 Å². The molecule has 1 N–H and O–H groups in total. The first kappa shape index (κ1) is 13.0. The van der Waals surface area contributed by atoms with E-state index in [1.165, 1.54) is 0 Å². The lowest BCUT2D eigenvalue weighted by Gasteiger charge is -2.09. The Morgan fingerprint density at radius 1 is 1.44 bits per heavy atom. The average molecular weight is 265 g/mol. The first-order chi connectivity index (χ1) is 8.56. The number of rotatable bonds is 5. The molecule has 0 bridgehead atoms. The van der Waals surface area contributed by atoms with Gasteiger partial charge in [-0.3, -0.25) is 9.78 Å². The number of hydrogen-bond donors (Lipinski definition) is 1. The van der Waals surface area contributed by atoms with Gasteiger partial charge in [-0.15, -0.1) is 0 Å². The van der Waals surface area contributed by atoms with E-state index in [1.807, 2.05) is 23.9 Å². The summed E-state index contributed by atoms with van der Waals surface area (Å²) in [7, 11) is 0. The molecule has 2 heterocycles. The van der Waals surface area contributed by atoms with Gasteiger partial charge in [0.1, 0.15) is 5.82 Å². The van der Waals surface area contributed by atoms with Gasteiger partial charge in [0.05, 0.1) is 5.69 Å². The van der Waals surface area contributed by atoms with Gasteiger partial charge in [-0.1, -0.05) is 13.8 Å². The number of aryl methyl sites for hydroxylation is 3. The standard InChI is InChI=1S/C12H19N5S/c1-9(2)8-17-11(13-14-12(17)18)5-7-16-6-4-10(3)15-16/h4,6,9H,5,7-8H2,1-3H3,(H,14,18). The molecule has 2 rings (SSSR count). The predicted molar refractivity (Wildman–Crippen MR) is 72.9 cm³/mol. The van der Waals surface area contributed by atoms with E-state index in [0.717, 1.165) is 31.0 Å². The third kappa shape index (κ3) is 3.07. The Balaban J connectivity index is 2.07. The Bertz CT molecular complexity index is 563. The fourth-order valence-electron chi connectivity index (χ4n) is 1.90. The van der Waals surface area contributed by atoms with Crippen LogP contribution in [0.15, 0.2) is 12.3 Å². The topological polar surface area (TPSA) is 51.4 Å². The highest BCUT2D eigenvalue weighted by Crippen LogP contribution is 2.06. The zero-order valence-corrected chi connectivity index (χ0v) is 11.9. The summed E-state index contributed by atoms with van der Waals surface area (Å²) in [5.74, 6) is 1.56. The molecule has 0 unspecified atom stereocenters. The molecule has 0 atom stereocenters. The van der Waals surface area contributed by atoms with Crippen LogP contribution >= 0.6 is 12.2 Å². The minimum atomic E-state index is 0.556. The summed E-state index contributed by atoms with van der Waals surface area (Å²) >= 11 is 5.25. The van der Waals surface area contributed by atoms with E-state index >= 15 is 0 Å². The van der Waals surface area contributed by atoms with Crippen molar-refractivity contribution in [2.45, 2.75) is 40.3 Å². The molecule has 0 saturated heterocycles. The van der Waals surface area contributed by atoms with Crippen LogP contribution in [0.1, 0.15) is 25.4 Å². The minimum Gasteiger partial charge on any atom is -0.304 e. The van der Waals surface area contributed by atoms with Crippen molar-refractivity contribution in [2.24, 2.45) is 5.92 Å². The van der Waals surface area contributed by atoms with Crippen LogP contribution in [-0.2, 0) is 19.5 Å². The van der Waals surface area contributed by atoms with Crippen molar-refractivity contribution in [2.75, 3.05) is 0 Å². The van der Waals surface area contributed by atoms with E-state index in [4.69, 9.17) is 12.2 Å². The summed E-state index contributed by atoms with van der Waals surface area (Å²) in [6.45, 7) is 8.07. The lowest BCUT2D eigenvalue weighted by atomic mass is 10.2. The second-order valence-corrected chi connectivity index (χ2v) is 5.31. The molecule has 0 aliphatic heterocycles. The monoisotopic (exact) mass is 265 g/mol. The highest BCUT2D eigenvalue weighted by Gasteiger charge is 2.08. The summed E-state index contributed by atoms with van der Waals surface area (Å²) < 4.78 is 4.72. The van der Waals surface area contributed by atoms with E-state index in [2.05, 4.69) is 33.7 Å². The van der Waals surface area contributed by atoms with Gasteiger partial charge < -0.3 is 4.57 Å². The van der Waals surface area contributed by atoms with Crippen molar-refractivity contribution in [3.63, 3.8) is 0 Å². The molecule has 0 spiro atoms. The van der Waals surface area contributed by atoms with Crippen molar-refractivity contribution < 1.29 is 0 Å². The van der Waals surface area contributed by atoms with Gasteiger partial charge in [0.15, 0.2) is 4.77 Å². The molecule has 2 aromatic heterocycles. The maximum atomic E-state index is 5.25. The van der Waals surface area contributed by atoms with E-state index in [1.54, 1.807) is 0 Å². The second kappa shape index (κ2) is 5.48. The van der Waals surface area contributed by atoms with Crippen LogP contribution < -0.4 is 0 Å². The molecule has 0 amide bonds. The number of aromatic amines is 1. The number of H-pyrrole nitrogens is 1. The molecule has 0 saturated carbocycles. The molecular weight excluding hydrogens is 246 g/mol.